The number of amides is 1. The zero-order chi connectivity index (χ0) is 22.4. The van der Waals surface area contributed by atoms with Gasteiger partial charge >= 0.3 is 5.97 Å². The summed E-state index contributed by atoms with van der Waals surface area (Å²) in [6.45, 7) is 1.99. The third kappa shape index (κ3) is 5.54. The third-order valence-corrected chi connectivity index (χ3v) is 4.88. The first-order valence-electron chi connectivity index (χ1n) is 9.17. The number of hydrogen-bond acceptors (Lipinski definition) is 5. The number of carbonyl (C=O) groups is 2. The number of nitrogens with one attached hydrogen (secondary N) is 1. The molecule has 1 N–H and O–H groups in total. The molecule has 1 aromatic heterocycles. The molecule has 0 spiro atoms. The Morgan fingerprint density at radius 2 is 1.84 bits per heavy atom. The van der Waals surface area contributed by atoms with Gasteiger partial charge < -0.3 is 14.5 Å². The molecule has 0 atom stereocenters. The fraction of sp³-hybridized carbons (Fsp3) is 0.0870. The monoisotopic (exact) mass is 454 g/mol. The van der Waals surface area contributed by atoms with Crippen molar-refractivity contribution in [1.82, 2.24) is 0 Å². The molecule has 6 nitrogen and oxygen atoms in total. The number of anilines is 1. The summed E-state index contributed by atoms with van der Waals surface area (Å²) in [5, 5.41) is 12.8. The lowest BCUT2D eigenvalue weighted by Gasteiger charge is -2.06. The number of ether oxygens (including phenoxy) is 1. The lowest BCUT2D eigenvalue weighted by Crippen LogP contribution is -2.13. The average Bonchev–Trinajstić information content (AvgIpc) is 3.23. The van der Waals surface area contributed by atoms with Gasteiger partial charge in [0, 0.05) is 17.3 Å². The Morgan fingerprint density at radius 3 is 2.48 bits per heavy atom. The molecule has 0 bridgehead atoms. The smallest absolute Gasteiger partial charge is 0.338 e. The van der Waals surface area contributed by atoms with Gasteiger partial charge in [-0.2, -0.15) is 5.26 Å². The molecule has 2 aromatic carbocycles. The molecular formula is C23H16Cl2N2O4. The van der Waals surface area contributed by atoms with Crippen LogP contribution >= 0.6 is 23.2 Å². The number of halogens is 2. The Labute approximate surface area is 188 Å². The third-order valence-electron chi connectivity index (χ3n) is 4.14. The van der Waals surface area contributed by atoms with Gasteiger partial charge in [0.1, 0.15) is 23.2 Å². The standard InChI is InChI=1S/C23H16Cl2N2O4/c1-2-30-23(29)14-3-6-17(7-4-14)27-22(28)16(13-26)11-18-8-10-21(31-18)15-5-9-19(24)20(25)12-15/h3-12H,2H2,1H3,(H,27,28)/b16-11+. The summed E-state index contributed by atoms with van der Waals surface area (Å²) < 4.78 is 10.6. The number of esters is 1. The van der Waals surface area contributed by atoms with Crippen molar-refractivity contribution >= 4 is 46.8 Å². The van der Waals surface area contributed by atoms with Crippen LogP contribution in [0, 0.1) is 11.3 Å². The topological polar surface area (TPSA) is 92.3 Å². The quantitative estimate of drug-likeness (QED) is 0.281. The van der Waals surface area contributed by atoms with Crippen LogP contribution in [-0.4, -0.2) is 18.5 Å². The molecule has 0 aliphatic carbocycles. The predicted octanol–water partition coefficient (Wildman–Crippen LogP) is 5.98. The van der Waals surface area contributed by atoms with Crippen LogP contribution in [0.2, 0.25) is 10.0 Å². The van der Waals surface area contributed by atoms with Crippen LogP contribution in [0.25, 0.3) is 17.4 Å². The van der Waals surface area contributed by atoms with Crippen molar-refractivity contribution in [3.8, 4) is 17.4 Å². The van der Waals surface area contributed by atoms with Crippen LogP contribution in [0.15, 0.2) is 64.6 Å². The fourth-order valence-corrected chi connectivity index (χ4v) is 2.93. The molecule has 0 aliphatic rings. The maximum absolute atomic E-state index is 12.5. The normalized spacial score (nSPS) is 11.0. The first-order valence-corrected chi connectivity index (χ1v) is 9.92. The maximum atomic E-state index is 12.5. The second-order valence-electron chi connectivity index (χ2n) is 6.25. The van der Waals surface area contributed by atoms with Gasteiger partial charge in [0.15, 0.2) is 0 Å². The first kappa shape index (κ1) is 22.2. The number of furan rings is 1. The second kappa shape index (κ2) is 9.98. The summed E-state index contributed by atoms with van der Waals surface area (Å²) in [4.78, 5) is 24.2. The lowest BCUT2D eigenvalue weighted by molar-refractivity contribution is -0.112. The summed E-state index contributed by atoms with van der Waals surface area (Å²) in [6.07, 6.45) is 1.34. The number of benzene rings is 2. The summed E-state index contributed by atoms with van der Waals surface area (Å²) >= 11 is 12.0. The zero-order valence-corrected chi connectivity index (χ0v) is 17.8. The molecule has 0 saturated carbocycles. The van der Waals surface area contributed by atoms with E-state index in [0.29, 0.717) is 38.4 Å². The predicted molar refractivity (Wildman–Crippen MR) is 119 cm³/mol. The Hall–Kier alpha value is -3.53. The molecule has 0 fully saturated rings. The molecule has 3 rings (SSSR count). The highest BCUT2D eigenvalue weighted by Gasteiger charge is 2.13. The highest BCUT2D eigenvalue weighted by Crippen LogP contribution is 2.30. The summed E-state index contributed by atoms with van der Waals surface area (Å²) in [5.41, 5.74) is 1.35. The van der Waals surface area contributed by atoms with E-state index in [1.54, 1.807) is 49.4 Å². The van der Waals surface area contributed by atoms with Gasteiger partial charge in [-0.25, -0.2) is 4.79 Å². The largest absolute Gasteiger partial charge is 0.462 e. The molecule has 0 unspecified atom stereocenters. The highest BCUT2D eigenvalue weighted by atomic mass is 35.5. The van der Waals surface area contributed by atoms with Crippen LogP contribution in [0.1, 0.15) is 23.0 Å². The van der Waals surface area contributed by atoms with Gasteiger partial charge in [-0.3, -0.25) is 4.79 Å². The molecule has 1 amide bonds. The van der Waals surface area contributed by atoms with Gasteiger partial charge in [-0.15, -0.1) is 0 Å². The van der Waals surface area contributed by atoms with Crippen molar-refractivity contribution in [2.75, 3.05) is 11.9 Å². The molecule has 1 heterocycles. The van der Waals surface area contributed by atoms with Crippen LogP contribution in [0.5, 0.6) is 0 Å². The minimum atomic E-state index is -0.612. The summed E-state index contributed by atoms with van der Waals surface area (Å²) in [5.74, 6) is -0.227. The molecule has 0 aliphatic heterocycles. The SMILES string of the molecule is CCOC(=O)c1ccc(NC(=O)/C(C#N)=C/c2ccc(-c3ccc(Cl)c(Cl)c3)o2)cc1. The van der Waals surface area contributed by atoms with Gasteiger partial charge in [0.2, 0.25) is 0 Å². The van der Waals surface area contributed by atoms with Crippen molar-refractivity contribution in [3.63, 3.8) is 0 Å². The molecule has 156 valence electrons. The van der Waals surface area contributed by atoms with Crippen LogP contribution in [-0.2, 0) is 9.53 Å². The van der Waals surface area contributed by atoms with Crippen molar-refractivity contribution in [2.45, 2.75) is 6.92 Å². The molecule has 31 heavy (non-hydrogen) atoms. The van der Waals surface area contributed by atoms with E-state index in [9.17, 15) is 14.9 Å². The Kier molecular flexibility index (Phi) is 7.14. The van der Waals surface area contributed by atoms with E-state index < -0.39 is 11.9 Å². The minimum Gasteiger partial charge on any atom is -0.462 e. The van der Waals surface area contributed by atoms with Crippen molar-refractivity contribution in [2.24, 2.45) is 0 Å². The van der Waals surface area contributed by atoms with E-state index in [2.05, 4.69) is 5.32 Å². The minimum absolute atomic E-state index is 0.149. The average molecular weight is 455 g/mol. The maximum Gasteiger partial charge on any atom is 0.338 e. The number of nitrogens with zero attached hydrogens (tertiary/aromatic N) is 1. The summed E-state index contributed by atoms with van der Waals surface area (Å²) in [6, 6.07) is 16.4. The second-order valence-corrected chi connectivity index (χ2v) is 7.07. The Balaban J connectivity index is 1.73. The number of rotatable bonds is 6. The van der Waals surface area contributed by atoms with Crippen molar-refractivity contribution < 1.29 is 18.7 Å². The van der Waals surface area contributed by atoms with E-state index in [1.165, 1.54) is 18.2 Å². The lowest BCUT2D eigenvalue weighted by atomic mass is 10.2. The highest BCUT2D eigenvalue weighted by molar-refractivity contribution is 6.42. The Morgan fingerprint density at radius 1 is 1.10 bits per heavy atom. The number of hydrogen-bond donors (Lipinski definition) is 1. The molecule has 0 saturated heterocycles. The first-order chi connectivity index (χ1) is 14.9. The van der Waals surface area contributed by atoms with Crippen LogP contribution in [0.4, 0.5) is 5.69 Å². The molecular weight excluding hydrogens is 439 g/mol. The van der Waals surface area contributed by atoms with E-state index >= 15 is 0 Å². The summed E-state index contributed by atoms with van der Waals surface area (Å²) in [7, 11) is 0. The van der Waals surface area contributed by atoms with E-state index in [0.717, 1.165) is 0 Å². The zero-order valence-electron chi connectivity index (χ0n) is 16.3. The van der Waals surface area contributed by atoms with Gasteiger partial charge in [-0.1, -0.05) is 23.2 Å². The number of nitriles is 1. The van der Waals surface area contributed by atoms with Crippen LogP contribution < -0.4 is 5.32 Å². The van der Waals surface area contributed by atoms with E-state index in [1.807, 2.05) is 6.07 Å². The number of carbonyl (C=O) groups excluding carboxylic acids is 2. The van der Waals surface area contributed by atoms with E-state index in [-0.39, 0.29) is 12.2 Å². The Bertz CT molecular complexity index is 1190. The van der Waals surface area contributed by atoms with Gasteiger partial charge in [0.05, 0.1) is 22.2 Å². The fourth-order valence-electron chi connectivity index (χ4n) is 2.63. The van der Waals surface area contributed by atoms with Gasteiger partial charge in [-0.05, 0) is 61.5 Å². The molecule has 8 heteroatoms. The van der Waals surface area contributed by atoms with Crippen molar-refractivity contribution in [3.05, 3.63) is 81.5 Å². The van der Waals surface area contributed by atoms with Gasteiger partial charge in [0.25, 0.3) is 5.91 Å². The van der Waals surface area contributed by atoms with Crippen LogP contribution in [0.3, 0.4) is 0 Å². The van der Waals surface area contributed by atoms with Crippen molar-refractivity contribution in [1.29, 1.82) is 5.26 Å². The molecule has 0 radical (unpaired) electrons. The molecule has 3 aromatic rings. The van der Waals surface area contributed by atoms with E-state index in [4.69, 9.17) is 32.4 Å².